The van der Waals surface area contributed by atoms with Crippen LogP contribution >= 0.6 is 0 Å². The third-order valence-corrected chi connectivity index (χ3v) is 5.99. The van der Waals surface area contributed by atoms with Crippen molar-refractivity contribution in [2.45, 2.75) is 57.4 Å². The summed E-state index contributed by atoms with van der Waals surface area (Å²) in [4.78, 5) is 22.4. The van der Waals surface area contributed by atoms with Gasteiger partial charge in [-0.1, -0.05) is 18.7 Å². The number of halogens is 1. The topological polar surface area (TPSA) is 54.4 Å². The lowest BCUT2D eigenvalue weighted by Crippen LogP contribution is -2.36. The lowest BCUT2D eigenvalue weighted by atomic mass is 9.83. The Hall–Kier alpha value is -3.08. The molecule has 1 atom stereocenters. The normalized spacial score (nSPS) is 19.2. The first-order valence-electron chi connectivity index (χ1n) is 10.8. The van der Waals surface area contributed by atoms with E-state index >= 15 is 0 Å². The number of rotatable bonds is 6. The number of nitrogens with one attached hydrogen (secondary N) is 1. The van der Waals surface area contributed by atoms with Gasteiger partial charge in [0.15, 0.2) is 0 Å². The van der Waals surface area contributed by atoms with Gasteiger partial charge in [0.05, 0.1) is 11.2 Å². The fourth-order valence-corrected chi connectivity index (χ4v) is 4.30. The first-order chi connectivity index (χ1) is 14.9. The van der Waals surface area contributed by atoms with E-state index in [0.29, 0.717) is 5.56 Å². The number of carbonyl (C=O) groups excluding carboxylic acids is 1. The van der Waals surface area contributed by atoms with Crippen molar-refractivity contribution in [3.63, 3.8) is 0 Å². The number of aromatic nitrogens is 1. The third-order valence-electron chi connectivity index (χ3n) is 5.99. The van der Waals surface area contributed by atoms with Crippen molar-refractivity contribution in [3.05, 3.63) is 89.2 Å². The maximum atomic E-state index is 13.2. The Morgan fingerprint density at radius 3 is 2.61 bits per heavy atom. The minimum absolute atomic E-state index is 0.196. The van der Waals surface area contributed by atoms with Crippen LogP contribution in [0.3, 0.4) is 0 Å². The van der Waals surface area contributed by atoms with Gasteiger partial charge in [-0.25, -0.2) is 4.39 Å². The van der Waals surface area contributed by atoms with Gasteiger partial charge in [-0.05, 0) is 87.9 Å². The summed E-state index contributed by atoms with van der Waals surface area (Å²) in [5.74, 6) is -0.336. The van der Waals surface area contributed by atoms with Crippen LogP contribution in [0.1, 0.15) is 72.8 Å². The number of fused-ring (bicyclic) bond motifs is 1. The van der Waals surface area contributed by atoms with E-state index in [2.05, 4.69) is 18.0 Å². The fourth-order valence-electron chi connectivity index (χ4n) is 4.30. The Morgan fingerprint density at radius 2 is 1.97 bits per heavy atom. The number of aryl methyl sites for hydroxylation is 1. The largest absolute Gasteiger partial charge is 0.341 e. The molecular weight excluding hydrogens is 389 g/mol. The number of nitrogens with zero attached hydrogens (tertiary/aromatic N) is 2. The molecule has 0 radical (unpaired) electrons. The summed E-state index contributed by atoms with van der Waals surface area (Å²) in [6.07, 6.45) is 8.52. The highest BCUT2D eigenvalue weighted by atomic mass is 19.1. The molecule has 5 heteroatoms. The number of amides is 1. The summed E-state index contributed by atoms with van der Waals surface area (Å²) in [6, 6.07) is 9.83. The van der Waals surface area contributed by atoms with E-state index in [4.69, 9.17) is 9.98 Å². The summed E-state index contributed by atoms with van der Waals surface area (Å²) in [5.41, 5.74) is 5.29. The smallest absolute Gasteiger partial charge is 0.252 e. The number of benzene rings is 1. The Labute approximate surface area is 183 Å². The van der Waals surface area contributed by atoms with Crippen molar-refractivity contribution in [1.29, 1.82) is 0 Å². The third kappa shape index (κ3) is 4.50. The van der Waals surface area contributed by atoms with Gasteiger partial charge in [0.1, 0.15) is 5.82 Å². The molecule has 1 aromatic carbocycles. The molecule has 2 aliphatic rings. The van der Waals surface area contributed by atoms with E-state index in [0.717, 1.165) is 54.9 Å². The number of carbonyl (C=O) groups is 1. The second-order valence-corrected chi connectivity index (χ2v) is 8.61. The summed E-state index contributed by atoms with van der Waals surface area (Å²) < 4.78 is 13.2. The van der Waals surface area contributed by atoms with Crippen molar-refractivity contribution >= 4 is 11.6 Å². The second kappa shape index (κ2) is 8.58. The van der Waals surface area contributed by atoms with Crippen LogP contribution in [0.5, 0.6) is 0 Å². The van der Waals surface area contributed by atoms with Crippen LogP contribution in [-0.2, 0) is 12.0 Å². The molecule has 1 amide bonds. The molecule has 4 nitrogen and oxygen atoms in total. The lowest BCUT2D eigenvalue weighted by molar-refractivity contribution is 0.0929. The first kappa shape index (κ1) is 21.2. The van der Waals surface area contributed by atoms with Crippen molar-refractivity contribution < 1.29 is 9.18 Å². The predicted octanol–water partition coefficient (Wildman–Crippen LogP) is 5.61. The fraction of sp³-hybridized carbons (Fsp3) is 0.346. The van der Waals surface area contributed by atoms with Gasteiger partial charge in [-0.2, -0.15) is 0 Å². The molecule has 1 unspecified atom stereocenters. The quantitative estimate of drug-likeness (QED) is 0.491. The Bertz CT molecular complexity index is 1060. The second-order valence-electron chi connectivity index (χ2n) is 8.61. The summed E-state index contributed by atoms with van der Waals surface area (Å²) in [7, 11) is 0. The molecule has 4 rings (SSSR count). The Morgan fingerprint density at radius 1 is 1.23 bits per heavy atom. The first-order valence-corrected chi connectivity index (χ1v) is 10.8. The van der Waals surface area contributed by atoms with E-state index in [9.17, 15) is 9.18 Å². The number of aliphatic imine (C=N–C) groups is 1. The number of hydrogen-bond acceptors (Lipinski definition) is 3. The molecule has 1 heterocycles. The zero-order valence-corrected chi connectivity index (χ0v) is 18.1. The van der Waals surface area contributed by atoms with Crippen LogP contribution in [0.25, 0.3) is 0 Å². The summed E-state index contributed by atoms with van der Waals surface area (Å²) in [6.45, 7) is 7.85. The molecule has 1 N–H and O–H groups in total. The van der Waals surface area contributed by atoms with E-state index in [1.807, 2.05) is 26.0 Å². The summed E-state index contributed by atoms with van der Waals surface area (Å²) in [5, 5.41) is 3.14. The molecule has 31 heavy (non-hydrogen) atoms. The molecule has 2 aromatic rings. The van der Waals surface area contributed by atoms with Crippen LogP contribution in [0, 0.1) is 5.82 Å². The van der Waals surface area contributed by atoms with Gasteiger partial charge in [0.25, 0.3) is 5.91 Å². The van der Waals surface area contributed by atoms with Crippen molar-refractivity contribution in [2.24, 2.45) is 4.99 Å². The molecule has 1 saturated carbocycles. The molecule has 1 aromatic heterocycles. The van der Waals surface area contributed by atoms with E-state index < -0.39 is 5.54 Å². The van der Waals surface area contributed by atoms with Crippen LogP contribution in [0.2, 0.25) is 0 Å². The van der Waals surface area contributed by atoms with Gasteiger partial charge >= 0.3 is 0 Å². The van der Waals surface area contributed by atoms with Gasteiger partial charge in [0.2, 0.25) is 0 Å². The maximum Gasteiger partial charge on any atom is 0.252 e. The van der Waals surface area contributed by atoms with Gasteiger partial charge in [-0.3, -0.25) is 14.8 Å². The Balaban J connectivity index is 1.60. The Kier molecular flexibility index (Phi) is 5.86. The van der Waals surface area contributed by atoms with Crippen LogP contribution in [-0.4, -0.2) is 16.6 Å². The molecule has 2 aliphatic carbocycles. The zero-order chi connectivity index (χ0) is 22.0. The van der Waals surface area contributed by atoms with Crippen LogP contribution in [0.15, 0.2) is 65.8 Å². The predicted molar refractivity (Wildman–Crippen MR) is 122 cm³/mol. The average Bonchev–Trinajstić information content (AvgIpc) is 3.53. The van der Waals surface area contributed by atoms with E-state index in [1.54, 1.807) is 6.08 Å². The van der Waals surface area contributed by atoms with Gasteiger partial charge in [-0.15, -0.1) is 0 Å². The zero-order valence-electron chi connectivity index (χ0n) is 18.1. The highest BCUT2D eigenvalue weighted by molar-refractivity contribution is 5.95. The summed E-state index contributed by atoms with van der Waals surface area (Å²) >= 11 is 0. The monoisotopic (exact) mass is 417 g/mol. The molecule has 0 bridgehead atoms. The van der Waals surface area contributed by atoms with Crippen molar-refractivity contribution in [2.75, 3.05) is 0 Å². The number of allylic oxidation sites excluding steroid dienone is 3. The van der Waals surface area contributed by atoms with Crippen LogP contribution < -0.4 is 5.32 Å². The lowest BCUT2D eigenvalue weighted by Gasteiger charge is -2.27. The van der Waals surface area contributed by atoms with E-state index in [-0.39, 0.29) is 17.6 Å². The van der Waals surface area contributed by atoms with E-state index in [1.165, 1.54) is 29.8 Å². The molecule has 0 spiro atoms. The highest BCUT2D eigenvalue weighted by Gasteiger charge is 2.47. The van der Waals surface area contributed by atoms with Gasteiger partial charge in [0, 0.05) is 28.6 Å². The standard InChI is InChI=1S/C26H28FN3O/c1-4-6-22(28-17(2)3)20-7-5-8-23-21(20)13-14-24(29-23)26(15-16-26)30-25(31)18-9-11-19(27)12-10-18/h4,6,9-14,20H,1,5,7-8,15-16H2,2-3H3,(H,30,31)/b22-6-. The number of hydrogen-bond donors (Lipinski definition) is 1. The average molecular weight is 418 g/mol. The maximum absolute atomic E-state index is 13.2. The van der Waals surface area contributed by atoms with Gasteiger partial charge < -0.3 is 5.32 Å². The van der Waals surface area contributed by atoms with Crippen LogP contribution in [0.4, 0.5) is 4.39 Å². The molecule has 160 valence electrons. The number of pyridine rings is 1. The highest BCUT2D eigenvalue weighted by Crippen LogP contribution is 2.46. The minimum atomic E-state index is -0.425. The van der Waals surface area contributed by atoms with Crippen molar-refractivity contribution in [3.8, 4) is 0 Å². The molecule has 1 fully saturated rings. The SMILES string of the molecule is C=C/C=C(\N=C(C)C)C1CCCc2nc(C3(NC(=O)c4ccc(F)cc4)CC3)ccc21. The minimum Gasteiger partial charge on any atom is -0.341 e. The molecule has 0 saturated heterocycles. The molecule has 0 aliphatic heterocycles. The van der Waals surface area contributed by atoms with Crippen molar-refractivity contribution in [1.82, 2.24) is 10.3 Å². The molecular formula is C26H28FN3O.